The van der Waals surface area contributed by atoms with Crippen molar-refractivity contribution in [3.63, 3.8) is 0 Å². The van der Waals surface area contributed by atoms with Crippen LogP contribution in [0.5, 0.6) is 5.75 Å². The van der Waals surface area contributed by atoms with Crippen LogP contribution in [0, 0.1) is 0 Å². The van der Waals surface area contributed by atoms with Crippen molar-refractivity contribution in [2.24, 2.45) is 0 Å². The minimum atomic E-state index is -4.35. The topological polar surface area (TPSA) is 47.0 Å². The van der Waals surface area contributed by atoms with Gasteiger partial charge in [0, 0.05) is 6.04 Å². The van der Waals surface area contributed by atoms with Crippen LogP contribution in [0.3, 0.4) is 0 Å². The summed E-state index contributed by atoms with van der Waals surface area (Å²) < 4.78 is 40.9. The van der Waals surface area contributed by atoms with E-state index in [2.05, 4.69) is 20.0 Å². The Morgan fingerprint density at radius 2 is 1.95 bits per heavy atom. The smallest absolute Gasteiger partial charge is 0.422 e. The van der Waals surface area contributed by atoms with E-state index in [1.165, 1.54) is 24.7 Å². The quantitative estimate of drug-likeness (QED) is 0.890. The minimum Gasteiger partial charge on any atom is -0.484 e. The Morgan fingerprint density at radius 1 is 1.27 bits per heavy atom. The zero-order chi connectivity index (χ0) is 16.2. The molecule has 0 aliphatic carbocycles. The van der Waals surface area contributed by atoms with Crippen LogP contribution in [0.25, 0.3) is 0 Å². The molecule has 1 atom stereocenters. The van der Waals surface area contributed by atoms with Crippen molar-refractivity contribution in [2.75, 3.05) is 11.9 Å². The molecule has 0 spiro atoms. The summed E-state index contributed by atoms with van der Waals surface area (Å²) in [6.45, 7) is 0.570. The number of halogens is 4. The number of alkyl halides is 3. The van der Waals surface area contributed by atoms with Gasteiger partial charge in [0.15, 0.2) is 6.61 Å². The maximum Gasteiger partial charge on any atom is 0.422 e. The second-order valence-corrected chi connectivity index (χ2v) is 4.97. The van der Waals surface area contributed by atoms with Crippen LogP contribution in [0.2, 0.25) is 5.02 Å². The van der Waals surface area contributed by atoms with Crippen molar-refractivity contribution in [1.29, 1.82) is 0 Å². The number of nitrogens with zero attached hydrogens (tertiary/aromatic N) is 2. The van der Waals surface area contributed by atoms with Gasteiger partial charge in [-0.3, -0.25) is 0 Å². The zero-order valence-electron chi connectivity index (χ0n) is 11.6. The van der Waals surface area contributed by atoms with E-state index < -0.39 is 12.8 Å². The lowest BCUT2D eigenvalue weighted by Gasteiger charge is -2.16. The Morgan fingerprint density at radius 3 is 2.55 bits per heavy atom. The Kier molecular flexibility index (Phi) is 5.07. The van der Waals surface area contributed by atoms with Gasteiger partial charge in [0.25, 0.3) is 0 Å². The summed E-state index contributed by atoms with van der Waals surface area (Å²) in [4.78, 5) is 7.80. The third kappa shape index (κ3) is 4.77. The summed E-state index contributed by atoms with van der Waals surface area (Å²) in [6, 6.07) is 6.20. The number of benzene rings is 1. The number of hydrogen-bond donors (Lipinski definition) is 1. The molecule has 0 amide bonds. The second-order valence-electron chi connectivity index (χ2n) is 4.56. The Hall–Kier alpha value is -2.02. The molecule has 2 rings (SSSR count). The Balaban J connectivity index is 1.99. The fourth-order valence-electron chi connectivity index (χ4n) is 1.73. The van der Waals surface area contributed by atoms with Crippen molar-refractivity contribution in [2.45, 2.75) is 19.1 Å². The summed E-state index contributed by atoms with van der Waals surface area (Å²) in [6.07, 6.45) is -1.51. The number of anilines is 1. The fraction of sp³-hybridized carbons (Fsp3) is 0.286. The fourth-order valence-corrected chi connectivity index (χ4v) is 1.88. The molecule has 1 heterocycles. The van der Waals surface area contributed by atoms with Crippen LogP contribution in [0.1, 0.15) is 18.5 Å². The number of ether oxygens (including phenoxy) is 1. The van der Waals surface area contributed by atoms with Gasteiger partial charge in [0.2, 0.25) is 0 Å². The molecule has 1 aromatic heterocycles. The molecule has 0 bridgehead atoms. The molecule has 1 N–H and O–H groups in total. The van der Waals surface area contributed by atoms with Crippen molar-refractivity contribution < 1.29 is 17.9 Å². The van der Waals surface area contributed by atoms with E-state index in [0.29, 0.717) is 10.8 Å². The summed E-state index contributed by atoms with van der Waals surface area (Å²) in [5.41, 5.74) is 0.856. The molecule has 22 heavy (non-hydrogen) atoms. The highest BCUT2D eigenvalue weighted by molar-refractivity contribution is 6.32. The molecular formula is C14H13ClF3N3O. The Bertz CT molecular complexity index is 619. The van der Waals surface area contributed by atoms with E-state index in [0.717, 1.165) is 5.56 Å². The van der Waals surface area contributed by atoms with Crippen molar-refractivity contribution in [1.82, 2.24) is 9.97 Å². The highest BCUT2D eigenvalue weighted by Gasteiger charge is 2.28. The van der Waals surface area contributed by atoms with Crippen LogP contribution in [-0.4, -0.2) is 22.8 Å². The molecular weight excluding hydrogens is 319 g/mol. The third-order valence-electron chi connectivity index (χ3n) is 2.80. The lowest BCUT2D eigenvalue weighted by molar-refractivity contribution is -0.153. The molecule has 0 aliphatic heterocycles. The minimum absolute atomic E-state index is 0.135. The van der Waals surface area contributed by atoms with Gasteiger partial charge in [-0.25, -0.2) is 9.97 Å². The first kappa shape index (κ1) is 16.4. The molecule has 118 valence electrons. The van der Waals surface area contributed by atoms with E-state index >= 15 is 0 Å². The van der Waals surface area contributed by atoms with Gasteiger partial charge in [0.05, 0.1) is 6.20 Å². The van der Waals surface area contributed by atoms with Gasteiger partial charge < -0.3 is 10.1 Å². The first-order valence-electron chi connectivity index (χ1n) is 6.37. The van der Waals surface area contributed by atoms with E-state index in [1.807, 2.05) is 6.92 Å². The highest BCUT2D eigenvalue weighted by Crippen LogP contribution is 2.25. The summed E-state index contributed by atoms with van der Waals surface area (Å²) in [7, 11) is 0. The number of rotatable bonds is 5. The van der Waals surface area contributed by atoms with Gasteiger partial charge >= 0.3 is 6.18 Å². The number of hydrogen-bond acceptors (Lipinski definition) is 4. The first-order chi connectivity index (χ1) is 10.3. The van der Waals surface area contributed by atoms with Crippen LogP contribution >= 0.6 is 11.6 Å². The van der Waals surface area contributed by atoms with Gasteiger partial charge in [-0.15, -0.1) is 0 Å². The molecule has 1 aromatic carbocycles. The standard InChI is InChI=1S/C14H13ClF3N3O/c1-9(21-13-12(15)6-19-8-20-13)10-2-4-11(5-3-10)22-7-14(16,17)18/h2-6,8-9H,7H2,1H3,(H,19,20,21). The van der Waals surface area contributed by atoms with Crippen LogP contribution in [-0.2, 0) is 0 Å². The molecule has 0 fully saturated rings. The van der Waals surface area contributed by atoms with Crippen molar-refractivity contribution >= 4 is 17.4 Å². The summed E-state index contributed by atoms with van der Waals surface area (Å²) >= 11 is 5.95. The lowest BCUT2D eigenvalue weighted by atomic mass is 10.1. The van der Waals surface area contributed by atoms with E-state index in [4.69, 9.17) is 11.6 Å². The third-order valence-corrected chi connectivity index (χ3v) is 3.08. The SMILES string of the molecule is CC(Nc1ncncc1Cl)c1ccc(OCC(F)(F)F)cc1. The van der Waals surface area contributed by atoms with Gasteiger partial charge in [-0.05, 0) is 24.6 Å². The van der Waals surface area contributed by atoms with E-state index in [1.54, 1.807) is 12.1 Å². The number of aromatic nitrogens is 2. The predicted molar refractivity (Wildman–Crippen MR) is 77.1 cm³/mol. The predicted octanol–water partition coefficient (Wildman–Crippen LogP) is 4.24. The van der Waals surface area contributed by atoms with Crippen LogP contribution in [0.15, 0.2) is 36.8 Å². The molecule has 0 radical (unpaired) electrons. The van der Waals surface area contributed by atoms with Crippen LogP contribution < -0.4 is 10.1 Å². The number of nitrogens with one attached hydrogen (secondary N) is 1. The molecule has 4 nitrogen and oxygen atoms in total. The van der Waals surface area contributed by atoms with Crippen molar-refractivity contribution in [3.8, 4) is 5.75 Å². The maximum absolute atomic E-state index is 12.1. The summed E-state index contributed by atoms with van der Waals surface area (Å²) in [5, 5.41) is 3.49. The normalized spacial score (nSPS) is 12.8. The monoisotopic (exact) mass is 331 g/mol. The Labute approximate surface area is 130 Å². The first-order valence-corrected chi connectivity index (χ1v) is 6.74. The average Bonchev–Trinajstić information content (AvgIpc) is 2.47. The molecule has 0 saturated heterocycles. The molecule has 1 unspecified atom stereocenters. The van der Waals surface area contributed by atoms with Gasteiger partial charge in [0.1, 0.15) is 22.9 Å². The second kappa shape index (κ2) is 6.83. The largest absolute Gasteiger partial charge is 0.484 e. The maximum atomic E-state index is 12.1. The molecule has 0 aliphatic rings. The van der Waals surface area contributed by atoms with Crippen molar-refractivity contribution in [3.05, 3.63) is 47.4 Å². The van der Waals surface area contributed by atoms with Crippen LogP contribution in [0.4, 0.5) is 19.0 Å². The lowest BCUT2D eigenvalue weighted by Crippen LogP contribution is -2.19. The zero-order valence-corrected chi connectivity index (χ0v) is 12.3. The van der Waals surface area contributed by atoms with Gasteiger partial charge in [-0.1, -0.05) is 23.7 Å². The highest BCUT2D eigenvalue weighted by atomic mass is 35.5. The van der Waals surface area contributed by atoms with Gasteiger partial charge in [-0.2, -0.15) is 13.2 Å². The molecule has 2 aromatic rings. The van der Waals surface area contributed by atoms with E-state index in [9.17, 15) is 13.2 Å². The average molecular weight is 332 g/mol. The molecule has 8 heteroatoms. The van der Waals surface area contributed by atoms with E-state index in [-0.39, 0.29) is 11.8 Å². The molecule has 0 saturated carbocycles. The summed E-state index contributed by atoms with van der Waals surface area (Å²) in [5.74, 6) is 0.648.